The van der Waals surface area contributed by atoms with Gasteiger partial charge in [0.1, 0.15) is 5.75 Å². The lowest BCUT2D eigenvalue weighted by atomic mass is 9.86. The van der Waals surface area contributed by atoms with Gasteiger partial charge in [-0.1, -0.05) is 29.8 Å². The first kappa shape index (κ1) is 23.1. The molecule has 0 bridgehead atoms. The normalized spacial score (nSPS) is 16.8. The van der Waals surface area contributed by atoms with Crippen LogP contribution in [0, 0.1) is 11.8 Å². The molecule has 6 rings (SSSR count). The predicted molar refractivity (Wildman–Crippen MR) is 144 cm³/mol. The maximum Gasteiger partial charge on any atom is 0.227 e. The topological polar surface area (TPSA) is 75.3 Å². The summed E-state index contributed by atoms with van der Waals surface area (Å²) in [6.07, 6.45) is 7.33. The van der Waals surface area contributed by atoms with Gasteiger partial charge in [-0.05, 0) is 43.4 Å². The van der Waals surface area contributed by atoms with E-state index in [2.05, 4.69) is 38.4 Å². The molecule has 4 aromatic rings. The van der Waals surface area contributed by atoms with Gasteiger partial charge in [0.05, 0.1) is 42.9 Å². The van der Waals surface area contributed by atoms with Crippen molar-refractivity contribution < 1.29 is 9.47 Å². The molecule has 2 aliphatic heterocycles. The third-order valence-electron chi connectivity index (χ3n) is 7.37. The Balaban J connectivity index is 1.19. The number of anilines is 3. The van der Waals surface area contributed by atoms with Gasteiger partial charge in [-0.25, -0.2) is 9.97 Å². The van der Waals surface area contributed by atoms with Crippen LogP contribution in [0.4, 0.5) is 17.3 Å². The van der Waals surface area contributed by atoms with E-state index in [0.717, 1.165) is 66.0 Å². The van der Waals surface area contributed by atoms with Crippen LogP contribution in [-0.4, -0.2) is 48.4 Å². The molecule has 2 aromatic heterocycles. The molecule has 0 unspecified atom stereocenters. The SMILES string of the molecule is COc1cc(N2CCC(CC3COC3)CC2)ccc1Nc1ncc(Cl)c(-c2c[nH]c3ccccc23)n1. The Morgan fingerprint density at radius 3 is 2.75 bits per heavy atom. The molecule has 36 heavy (non-hydrogen) atoms. The summed E-state index contributed by atoms with van der Waals surface area (Å²) in [5, 5.41) is 4.89. The summed E-state index contributed by atoms with van der Waals surface area (Å²) in [4.78, 5) is 14.9. The monoisotopic (exact) mass is 503 g/mol. The molecule has 4 heterocycles. The van der Waals surface area contributed by atoms with Crippen LogP contribution in [0.3, 0.4) is 0 Å². The number of benzene rings is 2. The fraction of sp³-hybridized carbons (Fsp3) is 0.357. The Hall–Kier alpha value is -3.29. The van der Waals surface area contributed by atoms with Gasteiger partial charge in [-0.3, -0.25) is 0 Å². The minimum Gasteiger partial charge on any atom is -0.494 e. The molecule has 2 saturated heterocycles. The van der Waals surface area contributed by atoms with E-state index in [0.29, 0.717) is 16.7 Å². The maximum absolute atomic E-state index is 6.50. The summed E-state index contributed by atoms with van der Waals surface area (Å²) in [6.45, 7) is 4.05. The smallest absolute Gasteiger partial charge is 0.227 e. The number of methoxy groups -OCH3 is 1. The molecule has 0 saturated carbocycles. The standard InChI is InChI=1S/C28H30ClN5O2/c1-35-26-13-20(34-10-8-18(9-11-34)12-19-16-36-17-19)6-7-25(26)32-28-31-15-23(29)27(33-28)22-14-30-24-5-3-2-4-21(22)24/h2-7,13-15,18-19,30H,8-12,16-17H2,1H3,(H,31,32,33). The predicted octanol–water partition coefficient (Wildman–Crippen LogP) is 6.28. The zero-order chi connectivity index (χ0) is 24.5. The van der Waals surface area contributed by atoms with E-state index in [4.69, 9.17) is 26.1 Å². The van der Waals surface area contributed by atoms with Crippen LogP contribution in [0.5, 0.6) is 5.75 Å². The Morgan fingerprint density at radius 1 is 1.14 bits per heavy atom. The second kappa shape index (κ2) is 9.99. The van der Waals surface area contributed by atoms with Crippen LogP contribution in [0.15, 0.2) is 54.9 Å². The van der Waals surface area contributed by atoms with E-state index in [1.165, 1.54) is 24.9 Å². The number of aromatic amines is 1. The minimum atomic E-state index is 0.464. The highest BCUT2D eigenvalue weighted by atomic mass is 35.5. The molecule has 2 fully saturated rings. The fourth-order valence-electron chi connectivity index (χ4n) is 5.30. The molecule has 0 amide bonds. The molecule has 2 aliphatic rings. The zero-order valence-electron chi connectivity index (χ0n) is 20.3. The van der Waals surface area contributed by atoms with Gasteiger partial charge in [-0.2, -0.15) is 0 Å². The van der Waals surface area contributed by atoms with Gasteiger partial charge < -0.3 is 24.7 Å². The van der Waals surface area contributed by atoms with Crippen molar-refractivity contribution in [1.29, 1.82) is 0 Å². The van der Waals surface area contributed by atoms with Crippen molar-refractivity contribution >= 4 is 39.8 Å². The van der Waals surface area contributed by atoms with E-state index >= 15 is 0 Å². The Bertz CT molecular complexity index is 1360. The Kier molecular flexibility index (Phi) is 6.42. The van der Waals surface area contributed by atoms with Gasteiger partial charge >= 0.3 is 0 Å². The molecule has 8 heteroatoms. The van der Waals surface area contributed by atoms with Gasteiger partial charge in [0, 0.05) is 53.4 Å². The molecule has 2 N–H and O–H groups in total. The van der Waals surface area contributed by atoms with Crippen LogP contribution >= 0.6 is 11.6 Å². The lowest BCUT2D eigenvalue weighted by Crippen LogP contribution is -2.36. The van der Waals surface area contributed by atoms with Crippen molar-refractivity contribution in [3.05, 3.63) is 59.9 Å². The van der Waals surface area contributed by atoms with E-state index in [1.54, 1.807) is 13.3 Å². The summed E-state index contributed by atoms with van der Waals surface area (Å²) < 4.78 is 11.1. The molecular weight excluding hydrogens is 474 g/mol. The molecule has 0 atom stereocenters. The fourth-order valence-corrected chi connectivity index (χ4v) is 5.50. The van der Waals surface area contributed by atoms with Gasteiger partial charge in [0.15, 0.2) is 0 Å². The molecule has 186 valence electrons. The molecule has 2 aromatic carbocycles. The van der Waals surface area contributed by atoms with Gasteiger partial charge in [0.2, 0.25) is 5.95 Å². The lowest BCUT2D eigenvalue weighted by Gasteiger charge is -2.37. The number of halogens is 1. The number of fused-ring (bicyclic) bond motifs is 1. The number of aromatic nitrogens is 3. The number of hydrogen-bond donors (Lipinski definition) is 2. The van der Waals surface area contributed by atoms with E-state index in [-0.39, 0.29) is 0 Å². The number of nitrogens with zero attached hydrogens (tertiary/aromatic N) is 3. The summed E-state index contributed by atoms with van der Waals surface area (Å²) in [5.74, 6) is 2.81. The average Bonchev–Trinajstić information content (AvgIpc) is 3.32. The van der Waals surface area contributed by atoms with Crippen molar-refractivity contribution in [2.45, 2.75) is 19.3 Å². The number of rotatable bonds is 7. The molecule has 0 spiro atoms. The van der Waals surface area contributed by atoms with Crippen LogP contribution < -0.4 is 15.0 Å². The second-order valence-corrected chi connectivity index (χ2v) is 10.1. The highest BCUT2D eigenvalue weighted by molar-refractivity contribution is 6.33. The highest BCUT2D eigenvalue weighted by Crippen LogP contribution is 2.36. The minimum absolute atomic E-state index is 0.464. The number of nitrogens with one attached hydrogen (secondary N) is 2. The summed E-state index contributed by atoms with van der Waals surface area (Å²) in [7, 11) is 1.69. The van der Waals surface area contributed by atoms with Crippen LogP contribution in [-0.2, 0) is 4.74 Å². The van der Waals surface area contributed by atoms with Crippen LogP contribution in [0.25, 0.3) is 22.2 Å². The Labute approximate surface area is 215 Å². The largest absolute Gasteiger partial charge is 0.494 e. The van der Waals surface area contributed by atoms with E-state index < -0.39 is 0 Å². The molecular formula is C28H30ClN5O2. The van der Waals surface area contributed by atoms with E-state index in [1.807, 2.05) is 30.5 Å². The van der Waals surface area contributed by atoms with Crippen molar-refractivity contribution in [2.24, 2.45) is 11.8 Å². The Morgan fingerprint density at radius 2 is 1.97 bits per heavy atom. The van der Waals surface area contributed by atoms with Crippen molar-refractivity contribution in [3.63, 3.8) is 0 Å². The van der Waals surface area contributed by atoms with Crippen LogP contribution in [0.2, 0.25) is 5.02 Å². The highest BCUT2D eigenvalue weighted by Gasteiger charge is 2.26. The summed E-state index contributed by atoms with van der Waals surface area (Å²) in [6, 6.07) is 14.4. The second-order valence-electron chi connectivity index (χ2n) is 9.72. The van der Waals surface area contributed by atoms with Crippen molar-refractivity contribution in [2.75, 3.05) is 43.6 Å². The first-order valence-corrected chi connectivity index (χ1v) is 12.9. The number of para-hydroxylation sites is 1. The average molecular weight is 504 g/mol. The van der Waals surface area contributed by atoms with Crippen LogP contribution in [0.1, 0.15) is 19.3 Å². The first-order valence-electron chi connectivity index (χ1n) is 12.5. The van der Waals surface area contributed by atoms with Crippen molar-refractivity contribution in [1.82, 2.24) is 15.0 Å². The van der Waals surface area contributed by atoms with E-state index in [9.17, 15) is 0 Å². The maximum atomic E-state index is 6.50. The molecule has 0 radical (unpaired) electrons. The number of hydrogen-bond acceptors (Lipinski definition) is 6. The first-order chi connectivity index (χ1) is 17.7. The van der Waals surface area contributed by atoms with Gasteiger partial charge in [-0.15, -0.1) is 0 Å². The number of piperidine rings is 1. The lowest BCUT2D eigenvalue weighted by molar-refractivity contribution is -0.0438. The number of ether oxygens (including phenoxy) is 2. The summed E-state index contributed by atoms with van der Waals surface area (Å²) in [5.41, 5.74) is 4.65. The third kappa shape index (κ3) is 4.61. The molecule has 0 aliphatic carbocycles. The summed E-state index contributed by atoms with van der Waals surface area (Å²) >= 11 is 6.50. The zero-order valence-corrected chi connectivity index (χ0v) is 21.1. The van der Waals surface area contributed by atoms with Crippen molar-refractivity contribution in [3.8, 4) is 17.0 Å². The number of H-pyrrole nitrogens is 1. The third-order valence-corrected chi connectivity index (χ3v) is 7.65. The van der Waals surface area contributed by atoms with Gasteiger partial charge in [0.25, 0.3) is 0 Å². The quantitative estimate of drug-likeness (QED) is 0.309. The molecule has 7 nitrogen and oxygen atoms in total.